The highest BCUT2D eigenvalue weighted by molar-refractivity contribution is 5.66. The number of hydrogen-bond acceptors (Lipinski definition) is 6. The second-order valence-corrected chi connectivity index (χ2v) is 11.9. The summed E-state index contributed by atoms with van der Waals surface area (Å²) in [6.45, 7) is 11.7. The van der Waals surface area contributed by atoms with Crippen molar-refractivity contribution in [2.75, 3.05) is 6.61 Å². The molecule has 190 valence electrons. The van der Waals surface area contributed by atoms with Crippen LogP contribution in [0.2, 0.25) is 0 Å². The highest BCUT2D eigenvalue weighted by Crippen LogP contribution is 2.68. The summed E-state index contributed by atoms with van der Waals surface area (Å²) in [5.74, 6) is 1.39. The maximum atomic E-state index is 11.8. The lowest BCUT2D eigenvalue weighted by atomic mass is 9.47. The van der Waals surface area contributed by atoms with Crippen LogP contribution < -0.4 is 0 Å². The fraction of sp³-hybridized carbons (Fsp3) is 0.821. The van der Waals surface area contributed by atoms with Gasteiger partial charge in [0, 0.05) is 39.0 Å². The Morgan fingerprint density at radius 1 is 1.03 bits per heavy atom. The Hall–Kier alpha value is -1.85. The highest BCUT2D eigenvalue weighted by Gasteiger charge is 2.62. The molecule has 0 radical (unpaired) electrons. The Kier molecular flexibility index (Phi) is 6.91. The molecular formula is C28H42O6. The van der Waals surface area contributed by atoms with Crippen LogP contribution in [0.25, 0.3) is 0 Å². The first-order chi connectivity index (χ1) is 16.0. The highest BCUT2D eigenvalue weighted by atomic mass is 16.5. The van der Waals surface area contributed by atoms with Crippen LogP contribution in [-0.4, -0.2) is 36.7 Å². The third-order valence-corrected chi connectivity index (χ3v) is 10.0. The largest absolute Gasteiger partial charge is 0.466 e. The summed E-state index contributed by atoms with van der Waals surface area (Å²) in [5.41, 5.74) is 1.69. The molecule has 0 aromatic carbocycles. The molecule has 0 amide bonds. The normalized spacial score (nSPS) is 41.8. The van der Waals surface area contributed by atoms with Gasteiger partial charge in [0.1, 0.15) is 12.2 Å². The van der Waals surface area contributed by atoms with Gasteiger partial charge in [-0.15, -0.1) is 0 Å². The smallest absolute Gasteiger partial charge is 0.302 e. The van der Waals surface area contributed by atoms with E-state index < -0.39 is 0 Å². The van der Waals surface area contributed by atoms with E-state index in [2.05, 4.69) is 19.9 Å². The van der Waals surface area contributed by atoms with E-state index in [0.717, 1.165) is 44.9 Å². The average molecular weight is 475 g/mol. The van der Waals surface area contributed by atoms with Crippen molar-refractivity contribution in [1.82, 2.24) is 0 Å². The molecular weight excluding hydrogens is 432 g/mol. The zero-order valence-corrected chi connectivity index (χ0v) is 21.7. The number of esters is 3. The summed E-state index contributed by atoms with van der Waals surface area (Å²) < 4.78 is 16.8. The van der Waals surface area contributed by atoms with E-state index in [1.807, 2.05) is 6.92 Å². The van der Waals surface area contributed by atoms with E-state index in [-0.39, 0.29) is 52.8 Å². The zero-order chi connectivity index (χ0) is 24.8. The number of ether oxygens (including phenoxy) is 3. The molecule has 6 heteroatoms. The van der Waals surface area contributed by atoms with E-state index in [1.165, 1.54) is 26.3 Å². The second-order valence-electron chi connectivity index (χ2n) is 11.9. The van der Waals surface area contributed by atoms with Gasteiger partial charge in [0.25, 0.3) is 0 Å². The predicted octanol–water partition coefficient (Wildman–Crippen LogP) is 5.24. The minimum atomic E-state index is -0.251. The maximum absolute atomic E-state index is 11.8. The van der Waals surface area contributed by atoms with Gasteiger partial charge < -0.3 is 14.2 Å². The van der Waals surface area contributed by atoms with E-state index >= 15 is 0 Å². The van der Waals surface area contributed by atoms with Crippen molar-refractivity contribution in [2.24, 2.45) is 40.4 Å². The summed E-state index contributed by atoms with van der Waals surface area (Å²) in [7, 11) is 0. The lowest BCUT2D eigenvalue weighted by Gasteiger charge is -2.58. The topological polar surface area (TPSA) is 78.9 Å². The van der Waals surface area contributed by atoms with Crippen molar-refractivity contribution in [3.05, 3.63) is 11.6 Å². The Morgan fingerprint density at radius 2 is 1.76 bits per heavy atom. The van der Waals surface area contributed by atoms with Crippen LogP contribution in [-0.2, 0) is 28.6 Å². The molecule has 0 saturated heterocycles. The van der Waals surface area contributed by atoms with Gasteiger partial charge in [0.2, 0.25) is 0 Å². The molecule has 4 aliphatic rings. The van der Waals surface area contributed by atoms with E-state index in [4.69, 9.17) is 14.2 Å². The third kappa shape index (κ3) is 4.42. The number of carbonyl (C=O) groups excluding carboxylic acids is 3. The molecule has 0 heterocycles. The van der Waals surface area contributed by atoms with Crippen molar-refractivity contribution in [1.29, 1.82) is 0 Å². The molecule has 4 rings (SSSR count). The molecule has 0 N–H and O–H groups in total. The van der Waals surface area contributed by atoms with Gasteiger partial charge in [-0.25, -0.2) is 0 Å². The van der Waals surface area contributed by atoms with Crippen LogP contribution in [0.5, 0.6) is 0 Å². The molecule has 0 aromatic heterocycles. The van der Waals surface area contributed by atoms with Crippen molar-refractivity contribution in [2.45, 2.75) is 98.7 Å². The average Bonchev–Trinajstić information content (AvgIpc) is 3.04. The number of allylic oxidation sites excluding steroid dienone is 1. The van der Waals surface area contributed by atoms with Gasteiger partial charge in [-0.2, -0.15) is 0 Å². The molecule has 0 bridgehead atoms. The van der Waals surface area contributed by atoms with Crippen molar-refractivity contribution < 1.29 is 28.6 Å². The summed E-state index contributed by atoms with van der Waals surface area (Å²) in [4.78, 5) is 35.0. The van der Waals surface area contributed by atoms with Gasteiger partial charge in [0.05, 0.1) is 6.61 Å². The summed E-state index contributed by atoms with van der Waals surface area (Å²) in [6.07, 6.45) is 9.44. The molecule has 0 aromatic rings. The standard InChI is InChI=1S/C28H42O6/c1-16(33-18(3)30)26-20(15-32-17(2)29)13-25-23-8-7-21-14-22(34-19(4)31)9-11-27(21,5)24(23)10-12-28(25,26)6/h7,16,20,22-26H,8-15H2,1-6H3/t16?,20-,22-,23+,24-,25-,26-,27-,28-/m0/s1. The molecule has 6 nitrogen and oxygen atoms in total. The second kappa shape index (κ2) is 9.31. The Bertz CT molecular complexity index is 863. The van der Waals surface area contributed by atoms with E-state index in [1.54, 1.807) is 0 Å². The van der Waals surface area contributed by atoms with Crippen LogP contribution in [0.4, 0.5) is 0 Å². The first-order valence-electron chi connectivity index (χ1n) is 13.1. The molecule has 1 unspecified atom stereocenters. The van der Waals surface area contributed by atoms with Gasteiger partial charge in [-0.1, -0.05) is 25.5 Å². The quantitative estimate of drug-likeness (QED) is 0.308. The first kappa shape index (κ1) is 25.2. The molecule has 3 saturated carbocycles. The number of fused-ring (bicyclic) bond motifs is 5. The zero-order valence-electron chi connectivity index (χ0n) is 21.7. The molecule has 34 heavy (non-hydrogen) atoms. The van der Waals surface area contributed by atoms with Crippen LogP contribution in [0.1, 0.15) is 86.5 Å². The summed E-state index contributed by atoms with van der Waals surface area (Å²) in [5, 5.41) is 0. The Morgan fingerprint density at radius 3 is 2.41 bits per heavy atom. The van der Waals surface area contributed by atoms with E-state index in [0.29, 0.717) is 24.4 Å². The van der Waals surface area contributed by atoms with E-state index in [9.17, 15) is 14.4 Å². The molecule has 9 atom stereocenters. The van der Waals surface area contributed by atoms with Gasteiger partial charge in [-0.3, -0.25) is 14.4 Å². The first-order valence-corrected chi connectivity index (χ1v) is 13.1. The number of hydrogen-bond donors (Lipinski definition) is 0. The molecule has 0 spiro atoms. The molecule has 4 aliphatic carbocycles. The maximum Gasteiger partial charge on any atom is 0.302 e. The SMILES string of the molecule is CC(=O)OC[C@@H]1C[C@H]2[C@@H]3CC=C4C[C@@H](OC(C)=O)CC[C@]4(C)[C@H]3CC[C@]2(C)[C@H]1C(C)OC(C)=O. The lowest BCUT2D eigenvalue weighted by molar-refractivity contribution is -0.157. The number of rotatable bonds is 5. The van der Waals surface area contributed by atoms with Gasteiger partial charge in [-0.05, 0) is 74.0 Å². The predicted molar refractivity (Wildman–Crippen MR) is 127 cm³/mol. The Labute approximate surface area is 204 Å². The molecule has 0 aliphatic heterocycles. The minimum absolute atomic E-state index is 0.00998. The number of carbonyl (C=O) groups is 3. The van der Waals surface area contributed by atoms with Crippen LogP contribution in [0.15, 0.2) is 11.6 Å². The third-order valence-electron chi connectivity index (χ3n) is 10.0. The van der Waals surface area contributed by atoms with Crippen molar-refractivity contribution in [3.8, 4) is 0 Å². The fourth-order valence-electron chi connectivity index (χ4n) is 8.83. The summed E-state index contributed by atoms with van der Waals surface area (Å²) in [6, 6.07) is 0. The fourth-order valence-corrected chi connectivity index (χ4v) is 8.83. The van der Waals surface area contributed by atoms with Crippen LogP contribution >= 0.6 is 0 Å². The van der Waals surface area contributed by atoms with Gasteiger partial charge >= 0.3 is 17.9 Å². The van der Waals surface area contributed by atoms with Gasteiger partial charge in [0.15, 0.2) is 0 Å². The van der Waals surface area contributed by atoms with Crippen LogP contribution in [0, 0.1) is 40.4 Å². The van der Waals surface area contributed by atoms with Crippen LogP contribution in [0.3, 0.4) is 0 Å². The minimum Gasteiger partial charge on any atom is -0.466 e. The lowest BCUT2D eigenvalue weighted by Crippen LogP contribution is -2.51. The molecule has 3 fully saturated rings. The van der Waals surface area contributed by atoms with Crippen molar-refractivity contribution in [3.63, 3.8) is 0 Å². The van der Waals surface area contributed by atoms with Crippen molar-refractivity contribution >= 4 is 17.9 Å². The Balaban J connectivity index is 1.60. The summed E-state index contributed by atoms with van der Waals surface area (Å²) >= 11 is 0. The monoisotopic (exact) mass is 474 g/mol.